The van der Waals surface area contributed by atoms with Crippen molar-refractivity contribution < 1.29 is 14.0 Å². The molecule has 3 aromatic rings. The Morgan fingerprint density at radius 1 is 0.964 bits per heavy atom. The van der Waals surface area contributed by atoms with Crippen LogP contribution in [0.15, 0.2) is 27.4 Å². The number of hydrogen-bond donors (Lipinski definition) is 0. The summed E-state index contributed by atoms with van der Waals surface area (Å²) in [4.78, 5) is 36.5. The molecule has 28 heavy (non-hydrogen) atoms. The van der Waals surface area contributed by atoms with Gasteiger partial charge in [-0.1, -0.05) is 40.2 Å². The lowest BCUT2D eigenvalue weighted by molar-refractivity contribution is -0.129. The van der Waals surface area contributed by atoms with Crippen LogP contribution in [0.4, 0.5) is 0 Å². The van der Waals surface area contributed by atoms with E-state index in [-0.39, 0.29) is 5.41 Å². The zero-order valence-corrected chi connectivity index (χ0v) is 16.6. The van der Waals surface area contributed by atoms with Crippen molar-refractivity contribution in [3.05, 3.63) is 50.3 Å². The van der Waals surface area contributed by atoms with Gasteiger partial charge in [-0.05, 0) is 47.6 Å². The second kappa shape index (κ2) is 6.30. The van der Waals surface area contributed by atoms with Crippen molar-refractivity contribution in [1.82, 2.24) is 4.40 Å². The van der Waals surface area contributed by atoms with Gasteiger partial charge in [0.2, 0.25) is 11.6 Å². The molecule has 0 radical (unpaired) electrons. The van der Waals surface area contributed by atoms with Gasteiger partial charge in [-0.25, -0.2) is 4.79 Å². The van der Waals surface area contributed by atoms with Crippen LogP contribution in [0.3, 0.4) is 0 Å². The van der Waals surface area contributed by atoms with Crippen molar-refractivity contribution in [2.75, 3.05) is 0 Å². The minimum absolute atomic E-state index is 0.0908. The third kappa shape index (κ3) is 2.82. The zero-order valence-electron chi connectivity index (χ0n) is 16.6. The van der Waals surface area contributed by atoms with E-state index in [1.54, 1.807) is 10.5 Å². The van der Waals surface area contributed by atoms with Gasteiger partial charge in [-0.15, -0.1) is 0 Å². The Hall–Kier alpha value is -2.95. The molecule has 5 heteroatoms. The highest BCUT2D eigenvalue weighted by Crippen LogP contribution is 2.29. The SMILES string of the molecule is CCCCc1cc(C(C)(C)C)cc2c1oc(=O)c1cc3c(n12)=CC(=O)C(=O)C=3. The molecule has 0 atom stereocenters. The first-order valence-electron chi connectivity index (χ1n) is 9.64. The van der Waals surface area contributed by atoms with Crippen LogP contribution in [0.2, 0.25) is 0 Å². The van der Waals surface area contributed by atoms with Crippen molar-refractivity contribution >= 4 is 40.3 Å². The van der Waals surface area contributed by atoms with Crippen LogP contribution in [0.5, 0.6) is 0 Å². The number of Topliss-reactive ketones (excluding diaryl/α,β-unsaturated/α-hetero) is 2. The lowest BCUT2D eigenvalue weighted by atomic mass is 9.85. The fourth-order valence-electron chi connectivity index (χ4n) is 3.71. The number of carbonyl (C=O) groups excluding carboxylic acids is 2. The van der Waals surface area contributed by atoms with E-state index >= 15 is 0 Å². The number of fused-ring (bicyclic) bond motifs is 5. The highest BCUT2D eigenvalue weighted by atomic mass is 16.4. The van der Waals surface area contributed by atoms with E-state index in [0.717, 1.165) is 35.9 Å². The number of aromatic nitrogens is 1. The Morgan fingerprint density at radius 3 is 2.36 bits per heavy atom. The molecular formula is C23H23NO4. The molecule has 0 fully saturated rings. The van der Waals surface area contributed by atoms with Crippen molar-refractivity contribution in [1.29, 1.82) is 0 Å². The molecule has 0 unspecified atom stereocenters. The molecule has 0 bridgehead atoms. The number of unbranched alkanes of at least 4 members (excludes halogenated alkanes) is 1. The van der Waals surface area contributed by atoms with Crippen LogP contribution in [-0.4, -0.2) is 16.0 Å². The minimum atomic E-state index is -0.577. The first-order chi connectivity index (χ1) is 13.2. The van der Waals surface area contributed by atoms with Crippen LogP contribution in [0.25, 0.3) is 28.8 Å². The van der Waals surface area contributed by atoms with Crippen LogP contribution >= 0.6 is 0 Å². The van der Waals surface area contributed by atoms with Crippen LogP contribution in [0, 0.1) is 0 Å². The number of carbonyl (C=O) groups is 2. The molecule has 0 saturated heterocycles. The average molecular weight is 377 g/mol. The average Bonchev–Trinajstić information content (AvgIpc) is 2.98. The second-order valence-corrected chi connectivity index (χ2v) is 8.45. The van der Waals surface area contributed by atoms with Gasteiger partial charge >= 0.3 is 5.63 Å². The molecule has 0 spiro atoms. The van der Waals surface area contributed by atoms with Gasteiger partial charge < -0.3 is 4.42 Å². The van der Waals surface area contributed by atoms with E-state index in [0.29, 0.717) is 21.7 Å². The number of nitrogens with zero attached hydrogens (tertiary/aromatic N) is 1. The number of benzene rings is 1. The van der Waals surface area contributed by atoms with E-state index < -0.39 is 17.2 Å². The van der Waals surface area contributed by atoms with Gasteiger partial charge in [0, 0.05) is 11.3 Å². The molecule has 1 aliphatic carbocycles. The number of rotatable bonds is 3. The summed E-state index contributed by atoms with van der Waals surface area (Å²) in [5.74, 6) is -1.15. The standard InChI is InChI=1S/C23H23NO4/c1-5-6-7-13-8-15(23(2,3)4)11-17-21(13)28-22(27)18-9-14-10-19(25)20(26)12-16(14)24(17)18/h8-12H,5-7H2,1-4H3. The largest absolute Gasteiger partial charge is 0.419 e. The van der Waals surface area contributed by atoms with Gasteiger partial charge in [0.15, 0.2) is 5.58 Å². The fraction of sp³-hybridized carbons (Fsp3) is 0.348. The maximum absolute atomic E-state index is 12.7. The molecule has 2 heterocycles. The van der Waals surface area contributed by atoms with Gasteiger partial charge in [0.1, 0.15) is 5.52 Å². The van der Waals surface area contributed by atoms with Crippen LogP contribution in [0.1, 0.15) is 51.7 Å². The summed E-state index contributed by atoms with van der Waals surface area (Å²) in [7, 11) is 0. The van der Waals surface area contributed by atoms with Crippen molar-refractivity contribution in [2.45, 2.75) is 52.4 Å². The van der Waals surface area contributed by atoms with Crippen molar-refractivity contribution in [3.63, 3.8) is 0 Å². The highest BCUT2D eigenvalue weighted by Gasteiger charge is 2.21. The van der Waals surface area contributed by atoms with Crippen LogP contribution < -0.4 is 16.2 Å². The Labute approximate surface area is 162 Å². The highest BCUT2D eigenvalue weighted by molar-refractivity contribution is 6.57. The predicted octanol–water partition coefficient (Wildman–Crippen LogP) is 2.40. The Morgan fingerprint density at radius 2 is 1.68 bits per heavy atom. The molecule has 1 aromatic carbocycles. The summed E-state index contributed by atoms with van der Waals surface area (Å²) in [6, 6.07) is 5.76. The van der Waals surface area contributed by atoms with Gasteiger partial charge in [0.25, 0.3) is 0 Å². The molecular weight excluding hydrogens is 354 g/mol. The summed E-state index contributed by atoms with van der Waals surface area (Å²) in [6.45, 7) is 8.55. The molecule has 0 saturated carbocycles. The van der Waals surface area contributed by atoms with Crippen LogP contribution in [-0.2, 0) is 21.4 Å². The molecule has 0 amide bonds. The lowest BCUT2D eigenvalue weighted by Gasteiger charge is -2.21. The molecule has 5 nitrogen and oxygen atoms in total. The van der Waals surface area contributed by atoms with Crippen molar-refractivity contribution in [3.8, 4) is 0 Å². The van der Waals surface area contributed by atoms with E-state index in [1.165, 1.54) is 12.2 Å². The zero-order chi connectivity index (χ0) is 20.2. The van der Waals surface area contributed by atoms with Gasteiger partial charge in [-0.2, -0.15) is 0 Å². The maximum atomic E-state index is 12.7. The third-order valence-corrected chi connectivity index (χ3v) is 5.32. The van der Waals surface area contributed by atoms with E-state index in [9.17, 15) is 14.4 Å². The Balaban J connectivity index is 2.22. The fourth-order valence-corrected chi connectivity index (χ4v) is 3.71. The predicted molar refractivity (Wildman–Crippen MR) is 109 cm³/mol. The quantitative estimate of drug-likeness (QED) is 0.658. The first kappa shape index (κ1) is 18.4. The summed E-state index contributed by atoms with van der Waals surface area (Å²) in [6.07, 6.45) is 5.44. The molecule has 0 N–H and O–H groups in total. The Kier molecular flexibility index (Phi) is 4.14. The monoisotopic (exact) mass is 377 g/mol. The number of aryl methyl sites for hydroxylation is 1. The normalized spacial score (nSPS) is 14.3. The minimum Gasteiger partial charge on any atom is -0.419 e. The molecule has 0 aliphatic heterocycles. The summed E-state index contributed by atoms with van der Waals surface area (Å²) < 4.78 is 7.49. The number of ketones is 2. The third-order valence-electron chi connectivity index (χ3n) is 5.32. The summed E-state index contributed by atoms with van der Waals surface area (Å²) in [5.41, 5.74) is 3.20. The Bertz CT molecular complexity index is 1330. The maximum Gasteiger partial charge on any atom is 0.360 e. The second-order valence-electron chi connectivity index (χ2n) is 8.45. The molecule has 2 aromatic heterocycles. The summed E-state index contributed by atoms with van der Waals surface area (Å²) >= 11 is 0. The van der Waals surface area contributed by atoms with Gasteiger partial charge in [0.05, 0.1) is 10.9 Å². The lowest BCUT2D eigenvalue weighted by Crippen LogP contribution is -2.34. The molecule has 144 valence electrons. The topological polar surface area (TPSA) is 68.8 Å². The van der Waals surface area contributed by atoms with E-state index in [4.69, 9.17) is 4.42 Å². The first-order valence-corrected chi connectivity index (χ1v) is 9.64. The van der Waals surface area contributed by atoms with Crippen molar-refractivity contribution in [2.24, 2.45) is 0 Å². The molecule has 4 rings (SSSR count). The smallest absolute Gasteiger partial charge is 0.360 e. The van der Waals surface area contributed by atoms with E-state index in [2.05, 4.69) is 33.8 Å². The van der Waals surface area contributed by atoms with E-state index in [1.807, 2.05) is 6.07 Å². The number of hydrogen-bond acceptors (Lipinski definition) is 4. The summed E-state index contributed by atoms with van der Waals surface area (Å²) in [5, 5.41) is 1.13. The molecule has 1 aliphatic rings. The van der Waals surface area contributed by atoms with Gasteiger partial charge in [-0.3, -0.25) is 14.0 Å².